The average molecular weight is 464 g/mol. The lowest BCUT2D eigenvalue weighted by Crippen LogP contribution is -2.54. The smallest absolute Gasteiger partial charge is 0.306 e. The van der Waals surface area contributed by atoms with Gasteiger partial charge < -0.3 is 14.2 Å². The number of carbonyl (C=O) groups excluding carboxylic acids is 2. The molecule has 0 bridgehead atoms. The number of esters is 1. The Morgan fingerprint density at radius 3 is 2.53 bits per heavy atom. The number of ether oxygens (including phenoxy) is 3. The molecule has 0 spiro atoms. The Morgan fingerprint density at radius 1 is 1.12 bits per heavy atom. The number of thiazole rings is 1. The molecule has 1 aromatic rings. The Morgan fingerprint density at radius 2 is 1.84 bits per heavy atom. The molecule has 0 N–H and O–H groups in total. The van der Waals surface area contributed by atoms with Crippen molar-refractivity contribution in [3.8, 4) is 0 Å². The first-order valence-corrected chi connectivity index (χ1v) is 12.5. The van der Waals surface area contributed by atoms with Crippen LogP contribution in [-0.4, -0.2) is 47.3 Å². The van der Waals surface area contributed by atoms with Crippen molar-refractivity contribution < 1.29 is 23.8 Å². The van der Waals surface area contributed by atoms with Crippen LogP contribution in [0.2, 0.25) is 0 Å². The number of aryl methyl sites for hydroxylation is 1. The van der Waals surface area contributed by atoms with E-state index >= 15 is 0 Å². The van der Waals surface area contributed by atoms with Gasteiger partial charge in [0.2, 0.25) is 0 Å². The van der Waals surface area contributed by atoms with Crippen LogP contribution in [0.1, 0.15) is 83.8 Å². The third-order valence-corrected chi connectivity index (χ3v) is 8.35. The molecule has 2 fully saturated rings. The maximum absolute atomic E-state index is 12.9. The van der Waals surface area contributed by atoms with E-state index in [2.05, 4.69) is 25.8 Å². The molecule has 7 heteroatoms. The number of aromatic nitrogens is 1. The standard InChI is InChI=1S/C25H37NO5S/c1-17(15-19-16-32-18(2)26-19)24(5)23(3,4)25(6)21(30-25)12-14-29-13-8-10-20(27)9-7-11-22(28)31-24/h15-16,21H,7-14H2,1-6H3. The van der Waals surface area contributed by atoms with Gasteiger partial charge in [-0.2, -0.15) is 0 Å². The minimum atomic E-state index is -0.910. The lowest BCUT2D eigenvalue weighted by Gasteiger charge is -2.47. The van der Waals surface area contributed by atoms with Crippen LogP contribution in [0.5, 0.6) is 0 Å². The number of carbonyl (C=O) groups is 2. The molecular weight excluding hydrogens is 426 g/mol. The molecular formula is C25H37NO5S. The number of fused-ring (bicyclic) bond motifs is 1. The summed E-state index contributed by atoms with van der Waals surface area (Å²) in [5, 5.41) is 3.00. The molecule has 178 valence electrons. The van der Waals surface area contributed by atoms with Crippen LogP contribution in [-0.2, 0) is 23.8 Å². The minimum absolute atomic E-state index is 0.0272. The second kappa shape index (κ2) is 9.74. The Balaban J connectivity index is 1.91. The molecule has 32 heavy (non-hydrogen) atoms. The van der Waals surface area contributed by atoms with E-state index in [4.69, 9.17) is 14.2 Å². The largest absolute Gasteiger partial charge is 0.454 e. The van der Waals surface area contributed by atoms with E-state index in [0.717, 1.165) is 29.1 Å². The van der Waals surface area contributed by atoms with Gasteiger partial charge in [0.25, 0.3) is 0 Å². The summed E-state index contributed by atoms with van der Waals surface area (Å²) in [5.41, 5.74) is -0.0927. The molecule has 6 nitrogen and oxygen atoms in total. The second-order valence-electron chi connectivity index (χ2n) is 9.86. The van der Waals surface area contributed by atoms with Crippen LogP contribution >= 0.6 is 11.3 Å². The summed E-state index contributed by atoms with van der Waals surface area (Å²) in [4.78, 5) is 29.6. The topological polar surface area (TPSA) is 78.0 Å². The Bertz CT molecular complexity index is 875. The van der Waals surface area contributed by atoms with E-state index in [-0.39, 0.29) is 24.3 Å². The van der Waals surface area contributed by atoms with Crippen molar-refractivity contribution in [1.29, 1.82) is 0 Å². The van der Waals surface area contributed by atoms with Gasteiger partial charge in [-0.1, -0.05) is 13.8 Å². The molecule has 3 heterocycles. The maximum atomic E-state index is 12.9. The molecule has 1 aromatic heterocycles. The number of epoxide rings is 1. The van der Waals surface area contributed by atoms with Crippen LogP contribution in [0.15, 0.2) is 11.0 Å². The van der Waals surface area contributed by atoms with Crippen molar-refractivity contribution in [3.63, 3.8) is 0 Å². The average Bonchev–Trinajstić information content (AvgIpc) is 3.22. The lowest BCUT2D eigenvalue weighted by atomic mass is 9.63. The molecule has 0 amide bonds. The number of Topliss-reactive ketones (excluding diaryl/α,β-unsaturated/α-hetero) is 1. The molecule has 3 unspecified atom stereocenters. The van der Waals surface area contributed by atoms with Gasteiger partial charge in [0, 0.05) is 43.3 Å². The van der Waals surface area contributed by atoms with E-state index < -0.39 is 16.6 Å². The molecule has 3 rings (SSSR count). The van der Waals surface area contributed by atoms with Gasteiger partial charge in [-0.3, -0.25) is 9.59 Å². The zero-order valence-electron chi connectivity index (χ0n) is 20.3. The van der Waals surface area contributed by atoms with E-state index in [0.29, 0.717) is 32.5 Å². The maximum Gasteiger partial charge on any atom is 0.306 e. The molecule has 3 atom stereocenters. The highest BCUT2D eigenvalue weighted by molar-refractivity contribution is 7.09. The molecule has 2 saturated heterocycles. The highest BCUT2D eigenvalue weighted by Crippen LogP contribution is 2.59. The summed E-state index contributed by atoms with van der Waals surface area (Å²) in [6.45, 7) is 13.4. The molecule has 0 radical (unpaired) electrons. The van der Waals surface area contributed by atoms with Crippen molar-refractivity contribution in [3.05, 3.63) is 21.7 Å². The van der Waals surface area contributed by atoms with Crippen molar-refractivity contribution in [2.75, 3.05) is 13.2 Å². The zero-order valence-corrected chi connectivity index (χ0v) is 21.1. The van der Waals surface area contributed by atoms with Gasteiger partial charge in [0.05, 0.1) is 16.8 Å². The van der Waals surface area contributed by atoms with Gasteiger partial charge in [-0.05, 0) is 58.6 Å². The van der Waals surface area contributed by atoms with Crippen molar-refractivity contribution in [2.24, 2.45) is 5.41 Å². The molecule has 2 aliphatic rings. The summed E-state index contributed by atoms with van der Waals surface area (Å²) in [6.07, 6.45) is 5.13. The Kier molecular flexibility index (Phi) is 7.62. The van der Waals surface area contributed by atoms with Gasteiger partial charge >= 0.3 is 5.97 Å². The number of hydrogen-bond donors (Lipinski definition) is 0. The van der Waals surface area contributed by atoms with E-state index in [9.17, 15) is 9.59 Å². The second-order valence-corrected chi connectivity index (χ2v) is 10.9. The third kappa shape index (κ3) is 5.15. The summed E-state index contributed by atoms with van der Waals surface area (Å²) >= 11 is 1.59. The molecule has 0 saturated carbocycles. The number of nitrogens with zero attached hydrogens (tertiary/aromatic N) is 1. The molecule has 0 aromatic carbocycles. The highest BCUT2D eigenvalue weighted by atomic mass is 32.1. The van der Waals surface area contributed by atoms with Crippen molar-refractivity contribution >= 4 is 29.2 Å². The molecule has 2 aliphatic heterocycles. The first-order valence-electron chi connectivity index (χ1n) is 11.6. The predicted octanol–water partition coefficient (Wildman–Crippen LogP) is 5.28. The number of hydrogen-bond acceptors (Lipinski definition) is 7. The number of cyclic esters (lactones) is 1. The third-order valence-electron chi connectivity index (χ3n) is 7.55. The fourth-order valence-electron chi connectivity index (χ4n) is 4.62. The van der Waals surface area contributed by atoms with E-state index in [1.807, 2.05) is 32.2 Å². The lowest BCUT2D eigenvalue weighted by molar-refractivity contribution is -0.170. The van der Waals surface area contributed by atoms with Gasteiger partial charge in [0.1, 0.15) is 17.0 Å². The quantitative estimate of drug-likeness (QED) is 0.439. The van der Waals surface area contributed by atoms with Crippen molar-refractivity contribution in [2.45, 2.75) is 97.4 Å². The summed E-state index contributed by atoms with van der Waals surface area (Å²) in [5.74, 6) is -0.114. The van der Waals surface area contributed by atoms with Crippen LogP contribution in [0.3, 0.4) is 0 Å². The summed E-state index contributed by atoms with van der Waals surface area (Å²) in [7, 11) is 0. The molecule has 0 aliphatic carbocycles. The van der Waals surface area contributed by atoms with Gasteiger partial charge in [-0.25, -0.2) is 4.98 Å². The van der Waals surface area contributed by atoms with Crippen LogP contribution in [0, 0.1) is 12.3 Å². The fourth-order valence-corrected chi connectivity index (χ4v) is 5.19. The first kappa shape index (κ1) is 25.1. The predicted molar refractivity (Wildman–Crippen MR) is 126 cm³/mol. The van der Waals surface area contributed by atoms with Gasteiger partial charge in [0.15, 0.2) is 0 Å². The minimum Gasteiger partial charge on any atom is -0.454 e. The number of ketones is 1. The monoisotopic (exact) mass is 463 g/mol. The summed E-state index contributed by atoms with van der Waals surface area (Å²) < 4.78 is 18.2. The van der Waals surface area contributed by atoms with E-state index in [1.54, 1.807) is 11.3 Å². The van der Waals surface area contributed by atoms with Crippen LogP contribution in [0.25, 0.3) is 6.08 Å². The number of rotatable bonds is 2. The fraction of sp³-hybridized carbons (Fsp3) is 0.720. The van der Waals surface area contributed by atoms with Crippen LogP contribution in [0.4, 0.5) is 0 Å². The van der Waals surface area contributed by atoms with Crippen molar-refractivity contribution in [1.82, 2.24) is 4.98 Å². The Labute approximate surface area is 195 Å². The Hall–Kier alpha value is -1.57. The van der Waals surface area contributed by atoms with Gasteiger partial charge in [-0.15, -0.1) is 11.3 Å². The van der Waals surface area contributed by atoms with Crippen LogP contribution < -0.4 is 0 Å². The normalized spacial score (nSPS) is 32.8. The first-order chi connectivity index (χ1) is 15.0. The SMILES string of the molecule is CC(=Cc1csc(C)n1)C1(C)OC(=O)CCCC(=O)CCCOCCC2OC2(C)C1(C)C. The zero-order chi connectivity index (χ0) is 23.6. The highest BCUT2D eigenvalue weighted by Gasteiger charge is 2.68. The van der Waals surface area contributed by atoms with E-state index in [1.165, 1.54) is 0 Å². The summed E-state index contributed by atoms with van der Waals surface area (Å²) in [6, 6.07) is 0.